The second kappa shape index (κ2) is 16.6. The standard InChI is InChI=1S/C38H60N4O2/c1-10-24-42(11-2,26-35(43)39-36-29(7)17-14-20-32(36)27(3)4)25-13-12-23-41-31(9)19-16-22-34(41)38(44)40-37-30(8)18-15-21-33(37)28(5)6/h14-15,17-18,20-21,27-28,31,34H,10-13,16,19,22-26H2,1-9H3,(H-,39,40,43,44)/p+1/t31-,34-,42?/m1/s1. The maximum absolute atomic E-state index is 13.7. The number of likely N-dealkylation sites (tertiary alicyclic amines) is 1. The Labute approximate surface area is 268 Å². The van der Waals surface area contributed by atoms with E-state index in [2.05, 4.69) is 114 Å². The molecule has 3 atom stereocenters. The number of rotatable bonds is 15. The monoisotopic (exact) mass is 605 g/mol. The highest BCUT2D eigenvalue weighted by Gasteiger charge is 2.34. The van der Waals surface area contributed by atoms with Gasteiger partial charge in [0, 0.05) is 17.4 Å². The minimum Gasteiger partial charge on any atom is -0.324 e. The zero-order valence-corrected chi connectivity index (χ0v) is 29.3. The van der Waals surface area contributed by atoms with Crippen LogP contribution in [0.2, 0.25) is 0 Å². The van der Waals surface area contributed by atoms with E-state index in [1.807, 2.05) is 0 Å². The maximum Gasteiger partial charge on any atom is 0.279 e. The van der Waals surface area contributed by atoms with E-state index in [4.69, 9.17) is 0 Å². The normalized spacial score (nSPS) is 18.8. The molecular formula is C38H61N4O2+. The predicted molar refractivity (Wildman–Crippen MR) is 187 cm³/mol. The second-order valence-corrected chi connectivity index (χ2v) is 13.9. The van der Waals surface area contributed by atoms with Gasteiger partial charge in [-0.05, 0) is 107 Å². The summed E-state index contributed by atoms with van der Waals surface area (Å²) >= 11 is 0. The first-order chi connectivity index (χ1) is 20.9. The highest BCUT2D eigenvalue weighted by molar-refractivity contribution is 5.96. The first-order valence-electron chi connectivity index (χ1n) is 17.3. The summed E-state index contributed by atoms with van der Waals surface area (Å²) in [7, 11) is 0. The summed E-state index contributed by atoms with van der Waals surface area (Å²) < 4.78 is 0.802. The fraction of sp³-hybridized carbons (Fsp3) is 0.632. The van der Waals surface area contributed by atoms with E-state index >= 15 is 0 Å². The van der Waals surface area contributed by atoms with Crippen molar-refractivity contribution >= 4 is 23.2 Å². The largest absolute Gasteiger partial charge is 0.324 e. The number of anilines is 2. The van der Waals surface area contributed by atoms with Crippen molar-refractivity contribution in [1.29, 1.82) is 0 Å². The minimum atomic E-state index is -0.102. The van der Waals surface area contributed by atoms with E-state index in [1.54, 1.807) is 0 Å². The number of amides is 2. The minimum absolute atomic E-state index is 0.102. The lowest BCUT2D eigenvalue weighted by molar-refractivity contribution is -0.919. The number of hydrogen-bond acceptors (Lipinski definition) is 3. The third-order valence-corrected chi connectivity index (χ3v) is 9.88. The molecule has 0 radical (unpaired) electrons. The summed E-state index contributed by atoms with van der Waals surface area (Å²) in [5.41, 5.74) is 6.60. The first-order valence-corrected chi connectivity index (χ1v) is 17.3. The van der Waals surface area contributed by atoms with Crippen molar-refractivity contribution in [1.82, 2.24) is 4.90 Å². The Balaban J connectivity index is 1.65. The highest BCUT2D eigenvalue weighted by Crippen LogP contribution is 2.30. The molecule has 2 amide bonds. The molecule has 244 valence electrons. The summed E-state index contributed by atoms with van der Waals surface area (Å²) in [5, 5.41) is 6.65. The number of aryl methyl sites for hydroxylation is 2. The van der Waals surface area contributed by atoms with Gasteiger partial charge in [-0.1, -0.05) is 71.0 Å². The molecule has 2 aromatic rings. The Morgan fingerprint density at radius 1 is 0.864 bits per heavy atom. The Kier molecular flexibility index (Phi) is 13.5. The molecule has 1 aliphatic heterocycles. The number of piperidine rings is 1. The van der Waals surface area contributed by atoms with Gasteiger partial charge in [0.1, 0.15) is 0 Å². The van der Waals surface area contributed by atoms with Crippen LogP contribution in [0.5, 0.6) is 0 Å². The molecular weight excluding hydrogens is 544 g/mol. The molecule has 2 N–H and O–H groups in total. The quantitative estimate of drug-likeness (QED) is 0.158. The van der Waals surface area contributed by atoms with Crippen LogP contribution in [0.1, 0.15) is 121 Å². The third-order valence-electron chi connectivity index (χ3n) is 9.88. The fourth-order valence-corrected chi connectivity index (χ4v) is 7.19. The zero-order chi connectivity index (χ0) is 32.4. The molecule has 1 fully saturated rings. The summed E-state index contributed by atoms with van der Waals surface area (Å²) in [5.74, 6) is 0.937. The van der Waals surface area contributed by atoms with Crippen LogP contribution in [0.4, 0.5) is 11.4 Å². The number of para-hydroxylation sites is 2. The molecule has 44 heavy (non-hydrogen) atoms. The summed E-state index contributed by atoms with van der Waals surface area (Å²) in [6.07, 6.45) is 6.23. The number of hydrogen-bond donors (Lipinski definition) is 2. The number of quaternary nitrogens is 1. The second-order valence-electron chi connectivity index (χ2n) is 13.9. The average Bonchev–Trinajstić information content (AvgIpc) is 2.97. The van der Waals surface area contributed by atoms with Crippen LogP contribution in [-0.4, -0.2) is 66.0 Å². The van der Waals surface area contributed by atoms with Crippen LogP contribution in [0, 0.1) is 13.8 Å². The molecule has 3 rings (SSSR count). The lowest BCUT2D eigenvalue weighted by atomic mass is 9.94. The lowest BCUT2D eigenvalue weighted by Gasteiger charge is -2.40. The Bertz CT molecular complexity index is 1240. The number of benzene rings is 2. The number of carbonyl (C=O) groups excluding carboxylic acids is 2. The van der Waals surface area contributed by atoms with Gasteiger partial charge >= 0.3 is 0 Å². The molecule has 1 heterocycles. The van der Waals surface area contributed by atoms with Crippen molar-refractivity contribution in [2.75, 3.05) is 43.4 Å². The fourth-order valence-electron chi connectivity index (χ4n) is 7.19. The molecule has 6 heteroatoms. The number of carbonyl (C=O) groups is 2. The van der Waals surface area contributed by atoms with Gasteiger partial charge in [-0.3, -0.25) is 14.5 Å². The van der Waals surface area contributed by atoms with E-state index < -0.39 is 0 Å². The Hall–Kier alpha value is -2.70. The van der Waals surface area contributed by atoms with Crippen LogP contribution < -0.4 is 10.6 Å². The van der Waals surface area contributed by atoms with Gasteiger partial charge in [0.25, 0.3) is 5.91 Å². The molecule has 0 aliphatic carbocycles. The van der Waals surface area contributed by atoms with Crippen molar-refractivity contribution in [2.45, 2.75) is 125 Å². The van der Waals surface area contributed by atoms with Crippen molar-refractivity contribution in [2.24, 2.45) is 0 Å². The van der Waals surface area contributed by atoms with Gasteiger partial charge in [0.2, 0.25) is 5.91 Å². The van der Waals surface area contributed by atoms with E-state index in [0.29, 0.717) is 24.4 Å². The molecule has 1 unspecified atom stereocenters. The molecule has 6 nitrogen and oxygen atoms in total. The van der Waals surface area contributed by atoms with E-state index in [0.717, 1.165) is 91.7 Å². The third kappa shape index (κ3) is 9.17. The molecule has 1 saturated heterocycles. The van der Waals surface area contributed by atoms with Crippen LogP contribution in [-0.2, 0) is 9.59 Å². The Morgan fingerprint density at radius 3 is 2.00 bits per heavy atom. The van der Waals surface area contributed by atoms with Crippen LogP contribution in [0.25, 0.3) is 0 Å². The van der Waals surface area contributed by atoms with Crippen molar-refractivity contribution in [3.05, 3.63) is 58.7 Å². The van der Waals surface area contributed by atoms with Gasteiger partial charge in [0.15, 0.2) is 6.54 Å². The topological polar surface area (TPSA) is 61.4 Å². The first kappa shape index (κ1) is 35.8. The van der Waals surface area contributed by atoms with Crippen LogP contribution in [0.3, 0.4) is 0 Å². The number of nitrogens with zero attached hydrogens (tertiary/aromatic N) is 2. The molecule has 2 aromatic carbocycles. The van der Waals surface area contributed by atoms with Crippen LogP contribution >= 0.6 is 0 Å². The molecule has 0 aromatic heterocycles. The zero-order valence-electron chi connectivity index (χ0n) is 29.3. The molecule has 0 bridgehead atoms. The van der Waals surface area contributed by atoms with Crippen molar-refractivity contribution < 1.29 is 14.1 Å². The predicted octanol–water partition coefficient (Wildman–Crippen LogP) is 8.40. The van der Waals surface area contributed by atoms with Crippen molar-refractivity contribution in [3.8, 4) is 0 Å². The maximum atomic E-state index is 13.7. The lowest BCUT2D eigenvalue weighted by Crippen LogP contribution is -2.54. The van der Waals surface area contributed by atoms with Gasteiger partial charge in [-0.2, -0.15) is 0 Å². The van der Waals surface area contributed by atoms with Crippen LogP contribution in [0.15, 0.2) is 36.4 Å². The van der Waals surface area contributed by atoms with E-state index in [1.165, 1.54) is 11.1 Å². The van der Waals surface area contributed by atoms with Gasteiger partial charge in [0.05, 0.1) is 25.7 Å². The summed E-state index contributed by atoms with van der Waals surface area (Å²) in [6, 6.07) is 12.9. The highest BCUT2D eigenvalue weighted by atomic mass is 16.2. The van der Waals surface area contributed by atoms with Gasteiger partial charge in [-0.25, -0.2) is 0 Å². The number of nitrogens with one attached hydrogen (secondary N) is 2. The van der Waals surface area contributed by atoms with Gasteiger partial charge in [-0.15, -0.1) is 0 Å². The van der Waals surface area contributed by atoms with E-state index in [9.17, 15) is 9.59 Å². The molecule has 0 spiro atoms. The SMILES string of the molecule is CCC[N+](CC)(CCCCN1[C@H](C)CCC[C@@H]1C(=O)Nc1c(C)cccc1C(C)C)CC(=O)Nc1c(C)cccc1C(C)C. The Morgan fingerprint density at radius 2 is 1.45 bits per heavy atom. The average molecular weight is 606 g/mol. The number of unbranched alkanes of at least 4 members (excludes halogenated alkanes) is 1. The van der Waals surface area contributed by atoms with Crippen molar-refractivity contribution in [3.63, 3.8) is 0 Å². The van der Waals surface area contributed by atoms with E-state index in [-0.39, 0.29) is 17.9 Å². The van der Waals surface area contributed by atoms with Gasteiger partial charge < -0.3 is 15.1 Å². The molecule has 1 aliphatic rings. The number of likely N-dealkylation sites (N-methyl/N-ethyl adjacent to an activating group) is 1. The molecule has 0 saturated carbocycles. The summed E-state index contributed by atoms with van der Waals surface area (Å²) in [4.78, 5) is 29.7. The summed E-state index contributed by atoms with van der Waals surface area (Å²) in [6.45, 7) is 23.9. The smallest absolute Gasteiger partial charge is 0.279 e.